The number of carbonyl (C=O) groups excluding carboxylic acids is 2. The molecule has 7 heteroatoms. The largest absolute Gasteiger partial charge is 0.461 e. The van der Waals surface area contributed by atoms with Crippen molar-refractivity contribution in [3.63, 3.8) is 0 Å². The molecule has 1 saturated carbocycles. The maximum absolute atomic E-state index is 13.8. The second kappa shape index (κ2) is 16.0. The third-order valence-corrected chi connectivity index (χ3v) is 9.18. The Labute approximate surface area is 281 Å². The van der Waals surface area contributed by atoms with Crippen LogP contribution in [0.3, 0.4) is 0 Å². The Bertz CT molecular complexity index is 1430. The number of aryl methyl sites for hydroxylation is 1. The Morgan fingerprint density at radius 1 is 0.935 bits per heavy atom. The molecule has 248 valence electrons. The van der Waals surface area contributed by atoms with Crippen molar-refractivity contribution in [3.8, 4) is 11.5 Å². The van der Waals surface area contributed by atoms with Gasteiger partial charge in [-0.05, 0) is 74.0 Å². The molecule has 1 atom stereocenters. The molecular formula is C39H51ClN2O4. The van der Waals surface area contributed by atoms with Crippen molar-refractivity contribution in [2.24, 2.45) is 5.92 Å². The molecule has 6 nitrogen and oxygen atoms in total. The highest BCUT2D eigenvalue weighted by Crippen LogP contribution is 2.45. The first-order chi connectivity index (χ1) is 21.6. The highest BCUT2D eigenvalue weighted by molar-refractivity contribution is 5.93. The fourth-order valence-corrected chi connectivity index (χ4v) is 6.95. The van der Waals surface area contributed by atoms with Gasteiger partial charge in [-0.15, -0.1) is 12.4 Å². The van der Waals surface area contributed by atoms with Gasteiger partial charge in [-0.2, -0.15) is 0 Å². The lowest BCUT2D eigenvalue weighted by Crippen LogP contribution is -2.29. The smallest absolute Gasteiger partial charge is 0.320 e. The molecule has 0 radical (unpaired) electrons. The highest BCUT2D eigenvalue weighted by atomic mass is 35.5. The van der Waals surface area contributed by atoms with Crippen LogP contribution in [0.1, 0.15) is 100 Å². The summed E-state index contributed by atoms with van der Waals surface area (Å²) in [5.41, 5.74) is 5.01. The second-order valence-corrected chi connectivity index (χ2v) is 14.2. The quantitative estimate of drug-likeness (QED) is 0.211. The van der Waals surface area contributed by atoms with Crippen molar-refractivity contribution in [2.75, 3.05) is 26.0 Å². The number of amides is 1. The third kappa shape index (κ3) is 9.36. The van der Waals surface area contributed by atoms with Gasteiger partial charge >= 0.3 is 5.97 Å². The summed E-state index contributed by atoms with van der Waals surface area (Å²) in [6, 6.07) is 22.4. The first-order valence-electron chi connectivity index (χ1n) is 16.7. The summed E-state index contributed by atoms with van der Waals surface area (Å²) in [6.45, 7) is 6.81. The van der Waals surface area contributed by atoms with Crippen LogP contribution >= 0.6 is 12.4 Å². The van der Waals surface area contributed by atoms with Crippen LogP contribution < -0.4 is 10.1 Å². The summed E-state index contributed by atoms with van der Waals surface area (Å²) in [6.07, 6.45) is 8.98. The Hall–Kier alpha value is -3.35. The van der Waals surface area contributed by atoms with Crippen molar-refractivity contribution in [2.45, 2.75) is 96.0 Å². The van der Waals surface area contributed by atoms with E-state index in [0.29, 0.717) is 18.9 Å². The average molecular weight is 647 g/mol. The average Bonchev–Trinajstić information content (AvgIpc) is 2.99. The minimum atomic E-state index is -0.159. The van der Waals surface area contributed by atoms with Gasteiger partial charge in [0, 0.05) is 29.2 Å². The van der Waals surface area contributed by atoms with Crippen LogP contribution in [-0.2, 0) is 26.2 Å². The third-order valence-electron chi connectivity index (χ3n) is 9.18. The minimum absolute atomic E-state index is 0. The number of esters is 1. The minimum Gasteiger partial charge on any atom is -0.461 e. The summed E-state index contributed by atoms with van der Waals surface area (Å²) >= 11 is 0. The Morgan fingerprint density at radius 3 is 2.17 bits per heavy atom. The molecule has 2 aliphatic rings. The molecule has 0 aromatic heterocycles. The standard InChI is InChI=1S/C39H50N2O4.ClH/c1-39(2,3)33-22-20-28(19-21-29(44-38(43)26-41(4)5)23-27-13-7-6-8-14-27)24-34(33)40-37(42)25-32-30-15-9-11-17-35(30)45-36-18-12-10-16-31(32)36;/h9-12,15-18,20,22,24,27,29,32H,6-8,13-14,19,21,23,25-26H2,1-5H3,(H,40,42);1H/t29-;/m0./s1. The molecule has 1 heterocycles. The molecule has 0 unspecified atom stereocenters. The van der Waals surface area contributed by atoms with Gasteiger partial charge in [0.15, 0.2) is 0 Å². The molecule has 3 aromatic rings. The molecule has 1 aliphatic heterocycles. The van der Waals surface area contributed by atoms with Crippen molar-refractivity contribution in [1.29, 1.82) is 0 Å². The second-order valence-electron chi connectivity index (χ2n) is 14.2. The number of benzene rings is 3. The van der Waals surface area contributed by atoms with E-state index >= 15 is 0 Å². The molecule has 1 N–H and O–H groups in total. The Morgan fingerprint density at radius 2 is 1.57 bits per heavy atom. The highest BCUT2D eigenvalue weighted by Gasteiger charge is 2.30. The van der Waals surface area contributed by atoms with E-state index in [2.05, 4.69) is 56.4 Å². The predicted molar refractivity (Wildman–Crippen MR) is 188 cm³/mol. The fourth-order valence-electron chi connectivity index (χ4n) is 6.95. The van der Waals surface area contributed by atoms with Crippen LogP contribution in [-0.4, -0.2) is 43.5 Å². The number of hydrogen-bond acceptors (Lipinski definition) is 5. The van der Waals surface area contributed by atoms with Gasteiger partial charge in [0.1, 0.15) is 17.6 Å². The lowest BCUT2D eigenvalue weighted by atomic mass is 9.83. The molecule has 0 saturated heterocycles. The van der Waals surface area contributed by atoms with Crippen molar-refractivity contribution < 1.29 is 19.1 Å². The first-order valence-corrected chi connectivity index (χ1v) is 16.7. The number of hydrogen-bond donors (Lipinski definition) is 1. The first kappa shape index (κ1) is 35.5. The molecule has 5 rings (SSSR count). The van der Waals surface area contributed by atoms with Crippen molar-refractivity contribution in [1.82, 2.24) is 4.90 Å². The van der Waals surface area contributed by atoms with Crippen LogP contribution in [0.4, 0.5) is 5.69 Å². The maximum atomic E-state index is 13.8. The molecule has 0 spiro atoms. The van der Waals surface area contributed by atoms with Crippen LogP contribution in [0.25, 0.3) is 0 Å². The zero-order valence-electron chi connectivity index (χ0n) is 28.1. The molecule has 46 heavy (non-hydrogen) atoms. The van der Waals surface area contributed by atoms with E-state index in [1.54, 1.807) is 0 Å². The van der Waals surface area contributed by atoms with Gasteiger partial charge in [-0.1, -0.05) is 101 Å². The number of anilines is 1. The number of halogens is 1. The summed E-state index contributed by atoms with van der Waals surface area (Å²) in [4.78, 5) is 28.3. The van der Waals surface area contributed by atoms with Crippen LogP contribution in [0, 0.1) is 5.92 Å². The summed E-state index contributed by atoms with van der Waals surface area (Å²) in [5.74, 6) is 1.95. The normalized spacial score (nSPS) is 15.6. The van der Waals surface area contributed by atoms with Crippen LogP contribution in [0.2, 0.25) is 0 Å². The number of fused-ring (bicyclic) bond motifs is 2. The van der Waals surface area contributed by atoms with E-state index in [4.69, 9.17) is 9.47 Å². The number of carbonyl (C=O) groups is 2. The maximum Gasteiger partial charge on any atom is 0.320 e. The van der Waals surface area contributed by atoms with E-state index in [1.807, 2.05) is 55.4 Å². The van der Waals surface area contributed by atoms with Crippen LogP contribution in [0.5, 0.6) is 11.5 Å². The number of rotatable bonds is 11. The fraction of sp³-hybridized carbons (Fsp3) is 0.487. The number of ether oxygens (including phenoxy) is 2. The van der Waals surface area contributed by atoms with Gasteiger partial charge < -0.3 is 14.8 Å². The summed E-state index contributed by atoms with van der Waals surface area (Å²) in [5, 5.41) is 3.30. The van der Waals surface area contributed by atoms with E-state index in [1.165, 1.54) is 32.1 Å². The zero-order valence-corrected chi connectivity index (χ0v) is 29.0. The topological polar surface area (TPSA) is 67.9 Å². The molecule has 1 fully saturated rings. The number of nitrogens with one attached hydrogen (secondary N) is 1. The van der Waals surface area contributed by atoms with E-state index in [-0.39, 0.29) is 41.7 Å². The monoisotopic (exact) mass is 646 g/mol. The summed E-state index contributed by atoms with van der Waals surface area (Å²) < 4.78 is 12.2. The molecule has 3 aromatic carbocycles. The summed E-state index contributed by atoms with van der Waals surface area (Å²) in [7, 11) is 3.78. The predicted octanol–water partition coefficient (Wildman–Crippen LogP) is 9.05. The van der Waals surface area contributed by atoms with Gasteiger partial charge in [-0.3, -0.25) is 14.5 Å². The molecule has 0 bridgehead atoms. The SMILES string of the molecule is CN(C)CC(=O)O[C@@H](CCc1ccc(C(C)(C)C)c(NC(=O)CC2c3ccccc3Oc3ccccc32)c1)CC1CCCCC1.Cl. The number of likely N-dealkylation sites (N-methyl/N-ethyl adjacent to an activating group) is 1. The molecule has 1 aliphatic carbocycles. The number of para-hydroxylation sites is 2. The van der Waals surface area contributed by atoms with Crippen LogP contribution in [0.15, 0.2) is 66.7 Å². The molecular weight excluding hydrogens is 596 g/mol. The van der Waals surface area contributed by atoms with E-state index in [9.17, 15) is 9.59 Å². The van der Waals surface area contributed by atoms with Crippen molar-refractivity contribution in [3.05, 3.63) is 89.0 Å². The van der Waals surface area contributed by atoms with E-state index < -0.39 is 0 Å². The lowest BCUT2D eigenvalue weighted by Gasteiger charge is -2.29. The Kier molecular flexibility index (Phi) is 12.3. The van der Waals surface area contributed by atoms with Gasteiger partial charge in [-0.25, -0.2) is 0 Å². The van der Waals surface area contributed by atoms with E-state index in [0.717, 1.165) is 58.7 Å². The Balaban J connectivity index is 0.00000480. The number of nitrogens with zero attached hydrogens (tertiary/aromatic N) is 1. The van der Waals surface area contributed by atoms with Gasteiger partial charge in [0.05, 0.1) is 6.54 Å². The lowest BCUT2D eigenvalue weighted by molar-refractivity contribution is -0.151. The zero-order chi connectivity index (χ0) is 32.0. The van der Waals surface area contributed by atoms with Gasteiger partial charge in [0.25, 0.3) is 0 Å². The molecule has 1 amide bonds. The van der Waals surface area contributed by atoms with Gasteiger partial charge in [0.2, 0.25) is 5.91 Å². The van der Waals surface area contributed by atoms with Crippen molar-refractivity contribution >= 4 is 30.0 Å².